The molecule has 5 heteroatoms. The van der Waals surface area contributed by atoms with Gasteiger partial charge in [-0.3, -0.25) is 9.59 Å². The van der Waals surface area contributed by atoms with Crippen molar-refractivity contribution in [2.24, 2.45) is 0 Å². The van der Waals surface area contributed by atoms with E-state index in [1.807, 2.05) is 0 Å². The zero-order valence-electron chi connectivity index (χ0n) is 51.2. The number of ether oxygens (including phenoxy) is 3. The molecule has 0 aliphatic heterocycles. The van der Waals surface area contributed by atoms with Crippen LogP contribution in [0.3, 0.4) is 0 Å². The van der Waals surface area contributed by atoms with E-state index >= 15 is 0 Å². The Hall–Kier alpha value is -1.10. The minimum absolute atomic E-state index is 0.0994. The topological polar surface area (TPSA) is 61.8 Å². The fourth-order valence-electron chi connectivity index (χ4n) is 11.0. The summed E-state index contributed by atoms with van der Waals surface area (Å²) < 4.78 is 17.6. The van der Waals surface area contributed by atoms with Gasteiger partial charge in [-0.15, -0.1) is 0 Å². The van der Waals surface area contributed by atoms with Gasteiger partial charge in [0.25, 0.3) is 0 Å². The monoisotopic (exact) mass is 1050 g/mol. The van der Waals surface area contributed by atoms with Crippen molar-refractivity contribution in [3.05, 3.63) is 0 Å². The van der Waals surface area contributed by atoms with Gasteiger partial charge in [0.05, 0.1) is 6.61 Å². The molecule has 0 heterocycles. The van der Waals surface area contributed by atoms with Gasteiger partial charge < -0.3 is 14.2 Å². The summed E-state index contributed by atoms with van der Waals surface area (Å²) in [5.41, 5.74) is 0. The van der Waals surface area contributed by atoms with E-state index in [1.165, 1.54) is 340 Å². The van der Waals surface area contributed by atoms with E-state index in [0.717, 1.165) is 32.1 Å². The predicted molar refractivity (Wildman–Crippen MR) is 326 cm³/mol. The van der Waals surface area contributed by atoms with E-state index in [-0.39, 0.29) is 18.5 Å². The first-order valence-electron chi connectivity index (χ1n) is 34.6. The molecular formula is C69H136O5. The van der Waals surface area contributed by atoms with E-state index in [4.69, 9.17) is 14.2 Å². The Morgan fingerprint density at radius 1 is 0.243 bits per heavy atom. The number of esters is 2. The van der Waals surface area contributed by atoms with Gasteiger partial charge in [-0.2, -0.15) is 0 Å². The number of hydrogen-bond donors (Lipinski definition) is 0. The zero-order chi connectivity index (χ0) is 53.4. The van der Waals surface area contributed by atoms with Crippen LogP contribution in [-0.4, -0.2) is 37.9 Å². The fraction of sp³-hybridized carbons (Fsp3) is 0.971. The van der Waals surface area contributed by atoms with Crippen molar-refractivity contribution >= 4 is 11.9 Å². The third-order valence-corrected chi connectivity index (χ3v) is 16.1. The van der Waals surface area contributed by atoms with E-state index in [9.17, 15) is 9.59 Å². The number of hydrogen-bond acceptors (Lipinski definition) is 5. The normalized spacial score (nSPS) is 12.0. The molecule has 0 amide bonds. The van der Waals surface area contributed by atoms with E-state index in [1.54, 1.807) is 0 Å². The fourth-order valence-corrected chi connectivity index (χ4v) is 11.0. The smallest absolute Gasteiger partial charge is 0.306 e. The van der Waals surface area contributed by atoms with Gasteiger partial charge >= 0.3 is 11.9 Å². The highest BCUT2D eigenvalue weighted by Crippen LogP contribution is 2.19. The SMILES string of the molecule is CCCCCCCCCCCCCCCCCCCCCCOCC(COC(=O)CCCCCCCCCCCCCCCCCCCCC)OC(=O)CCCCCCCCCCCCCCCCCCCCC. The Morgan fingerprint density at radius 3 is 0.689 bits per heavy atom. The van der Waals surface area contributed by atoms with Crippen molar-refractivity contribution in [2.45, 2.75) is 412 Å². The summed E-state index contributed by atoms with van der Waals surface area (Å²) >= 11 is 0. The summed E-state index contributed by atoms with van der Waals surface area (Å²) in [6, 6.07) is 0. The van der Waals surface area contributed by atoms with Crippen LogP contribution in [0.5, 0.6) is 0 Å². The molecule has 0 aromatic heterocycles. The predicted octanol–water partition coefficient (Wildman–Crippen LogP) is 23.9. The second-order valence-corrected chi connectivity index (χ2v) is 23.8. The van der Waals surface area contributed by atoms with Crippen molar-refractivity contribution in [1.82, 2.24) is 0 Å². The Bertz CT molecular complexity index is 1050. The molecule has 0 spiro atoms. The summed E-state index contributed by atoms with van der Waals surface area (Å²) in [7, 11) is 0. The molecule has 1 unspecified atom stereocenters. The molecule has 0 radical (unpaired) electrons. The Labute approximate surface area is 465 Å². The lowest BCUT2D eigenvalue weighted by Crippen LogP contribution is -2.30. The molecule has 0 fully saturated rings. The molecule has 442 valence electrons. The second kappa shape index (κ2) is 66.2. The lowest BCUT2D eigenvalue weighted by Gasteiger charge is -2.18. The van der Waals surface area contributed by atoms with Gasteiger partial charge in [-0.1, -0.05) is 374 Å². The molecule has 0 saturated heterocycles. The maximum atomic E-state index is 12.9. The molecule has 5 nitrogen and oxygen atoms in total. The molecule has 0 aromatic carbocycles. The Morgan fingerprint density at radius 2 is 0.446 bits per heavy atom. The minimum Gasteiger partial charge on any atom is -0.462 e. The first-order valence-corrected chi connectivity index (χ1v) is 34.6. The Balaban J connectivity index is 4.18. The van der Waals surface area contributed by atoms with E-state index < -0.39 is 6.10 Å². The van der Waals surface area contributed by atoms with Crippen LogP contribution in [0.1, 0.15) is 406 Å². The zero-order valence-corrected chi connectivity index (χ0v) is 51.2. The molecular weight excluding hydrogens is 909 g/mol. The van der Waals surface area contributed by atoms with Gasteiger partial charge in [0.1, 0.15) is 6.61 Å². The van der Waals surface area contributed by atoms with Crippen molar-refractivity contribution in [3.63, 3.8) is 0 Å². The first-order chi connectivity index (χ1) is 36.6. The van der Waals surface area contributed by atoms with Crippen LogP contribution in [0.4, 0.5) is 0 Å². The largest absolute Gasteiger partial charge is 0.462 e. The molecule has 0 saturated carbocycles. The third kappa shape index (κ3) is 63.4. The van der Waals surface area contributed by atoms with E-state index in [0.29, 0.717) is 26.1 Å². The molecule has 0 aliphatic rings. The Kier molecular flexibility index (Phi) is 65.2. The van der Waals surface area contributed by atoms with Crippen LogP contribution in [0.25, 0.3) is 0 Å². The first kappa shape index (κ1) is 72.9. The van der Waals surface area contributed by atoms with Crippen molar-refractivity contribution in [3.8, 4) is 0 Å². The lowest BCUT2D eigenvalue weighted by molar-refractivity contribution is -0.163. The molecule has 0 N–H and O–H groups in total. The summed E-state index contributed by atoms with van der Waals surface area (Å²) in [6.07, 6.45) is 78.7. The van der Waals surface area contributed by atoms with Crippen molar-refractivity contribution in [2.75, 3.05) is 19.8 Å². The van der Waals surface area contributed by atoms with E-state index in [2.05, 4.69) is 20.8 Å². The molecule has 0 rings (SSSR count). The van der Waals surface area contributed by atoms with Gasteiger partial charge in [0.2, 0.25) is 0 Å². The van der Waals surface area contributed by atoms with Crippen molar-refractivity contribution < 1.29 is 23.8 Å². The summed E-state index contributed by atoms with van der Waals surface area (Å²) in [6.45, 7) is 7.96. The van der Waals surface area contributed by atoms with Gasteiger partial charge in [0, 0.05) is 19.4 Å². The van der Waals surface area contributed by atoms with Crippen LogP contribution in [0, 0.1) is 0 Å². The highest BCUT2D eigenvalue weighted by Gasteiger charge is 2.18. The number of unbranched alkanes of at least 4 members (excludes halogenated alkanes) is 55. The number of carbonyl (C=O) groups excluding carboxylic acids is 2. The summed E-state index contributed by atoms with van der Waals surface area (Å²) in [4.78, 5) is 25.7. The number of carbonyl (C=O) groups is 2. The van der Waals surface area contributed by atoms with Gasteiger partial charge in [0.15, 0.2) is 6.10 Å². The maximum absolute atomic E-state index is 12.9. The highest BCUT2D eigenvalue weighted by molar-refractivity contribution is 5.70. The minimum atomic E-state index is -0.526. The van der Waals surface area contributed by atoms with Gasteiger partial charge in [-0.25, -0.2) is 0 Å². The van der Waals surface area contributed by atoms with Crippen LogP contribution < -0.4 is 0 Å². The quantitative estimate of drug-likeness (QED) is 0.0449. The van der Waals surface area contributed by atoms with Gasteiger partial charge in [-0.05, 0) is 19.3 Å². The third-order valence-electron chi connectivity index (χ3n) is 16.1. The van der Waals surface area contributed by atoms with Crippen LogP contribution in [0.15, 0.2) is 0 Å². The highest BCUT2D eigenvalue weighted by atomic mass is 16.6. The molecule has 0 aliphatic carbocycles. The number of rotatable bonds is 66. The standard InChI is InChI=1S/C69H136O5/c1-4-7-10-13-16-19-22-25-28-31-34-37-40-43-46-49-52-55-58-61-64-72-65-67(74-69(71)63-60-57-54-51-48-45-42-39-36-33-30-27-24-21-18-15-12-9-6-3)66-73-68(70)62-59-56-53-50-47-44-41-38-35-32-29-26-23-20-17-14-11-8-5-2/h67H,4-66H2,1-3H3. The van der Waals surface area contributed by atoms with Crippen LogP contribution in [0.2, 0.25) is 0 Å². The second-order valence-electron chi connectivity index (χ2n) is 23.8. The molecule has 74 heavy (non-hydrogen) atoms. The molecule has 0 bridgehead atoms. The molecule has 1 atom stereocenters. The average molecular weight is 1050 g/mol. The van der Waals surface area contributed by atoms with Crippen molar-refractivity contribution in [1.29, 1.82) is 0 Å². The summed E-state index contributed by atoms with van der Waals surface area (Å²) in [5, 5.41) is 0. The van der Waals surface area contributed by atoms with Crippen LogP contribution in [-0.2, 0) is 23.8 Å². The van der Waals surface area contributed by atoms with Crippen LogP contribution >= 0.6 is 0 Å². The maximum Gasteiger partial charge on any atom is 0.306 e. The lowest BCUT2D eigenvalue weighted by atomic mass is 10.0. The molecule has 0 aromatic rings. The summed E-state index contributed by atoms with van der Waals surface area (Å²) in [5.74, 6) is -0.356. The average Bonchev–Trinajstić information content (AvgIpc) is 3.40.